The molecule has 0 bridgehead atoms. The Labute approximate surface area is 159 Å². The number of benzene rings is 2. The van der Waals surface area contributed by atoms with Gasteiger partial charge in [-0.1, -0.05) is 18.2 Å². The van der Waals surface area contributed by atoms with Crippen molar-refractivity contribution in [2.75, 3.05) is 5.32 Å². The molecule has 2 aromatic carbocycles. The Morgan fingerprint density at radius 2 is 1.85 bits per heavy atom. The third-order valence-electron chi connectivity index (χ3n) is 3.76. The van der Waals surface area contributed by atoms with E-state index in [4.69, 9.17) is 4.42 Å². The van der Waals surface area contributed by atoms with Crippen LogP contribution in [0.25, 0.3) is 5.69 Å². The number of carbonyl (C=O) groups is 1. The summed E-state index contributed by atoms with van der Waals surface area (Å²) < 4.78 is 6.81. The summed E-state index contributed by atoms with van der Waals surface area (Å²) in [5, 5.41) is 14.7. The average Bonchev–Trinajstić information content (AvgIpc) is 3.40. The van der Waals surface area contributed by atoms with Gasteiger partial charge in [0.2, 0.25) is 0 Å². The van der Waals surface area contributed by atoms with Crippen LogP contribution in [-0.2, 0) is 5.75 Å². The summed E-state index contributed by atoms with van der Waals surface area (Å²) >= 11 is 1.62. The Bertz CT molecular complexity index is 1010. The Morgan fingerprint density at radius 1 is 1.04 bits per heavy atom. The Kier molecular flexibility index (Phi) is 4.97. The predicted octanol–water partition coefficient (Wildman–Crippen LogP) is 3.80. The summed E-state index contributed by atoms with van der Waals surface area (Å²) in [5.41, 5.74) is 1.63. The van der Waals surface area contributed by atoms with Gasteiger partial charge in [-0.2, -0.15) is 4.68 Å². The molecule has 0 saturated heterocycles. The van der Waals surface area contributed by atoms with Crippen molar-refractivity contribution in [2.45, 2.75) is 10.6 Å². The first-order valence-electron chi connectivity index (χ1n) is 8.20. The van der Waals surface area contributed by atoms with E-state index in [9.17, 15) is 4.79 Å². The SMILES string of the molecule is O=C(Nc1ccc(SCc2nnnn2-c2ccccc2)cc1)c1ccco1. The van der Waals surface area contributed by atoms with Crippen LogP contribution in [0, 0.1) is 0 Å². The fraction of sp³-hybridized carbons (Fsp3) is 0.0526. The molecule has 0 radical (unpaired) electrons. The number of furan rings is 1. The molecule has 0 aliphatic carbocycles. The lowest BCUT2D eigenvalue weighted by atomic mass is 10.3. The highest BCUT2D eigenvalue weighted by atomic mass is 32.2. The lowest BCUT2D eigenvalue weighted by molar-refractivity contribution is 0.0996. The minimum Gasteiger partial charge on any atom is -0.459 e. The van der Waals surface area contributed by atoms with Gasteiger partial charge >= 0.3 is 0 Å². The molecule has 1 N–H and O–H groups in total. The molecule has 7 nitrogen and oxygen atoms in total. The second kappa shape index (κ2) is 7.88. The number of nitrogens with zero attached hydrogens (tertiary/aromatic N) is 4. The molecule has 2 aromatic heterocycles. The smallest absolute Gasteiger partial charge is 0.291 e. The topological polar surface area (TPSA) is 85.8 Å². The van der Waals surface area contributed by atoms with Gasteiger partial charge in [0.25, 0.3) is 5.91 Å². The number of nitrogens with one attached hydrogen (secondary N) is 1. The highest BCUT2D eigenvalue weighted by molar-refractivity contribution is 7.98. The minimum atomic E-state index is -0.276. The number of rotatable bonds is 6. The first-order valence-corrected chi connectivity index (χ1v) is 9.18. The van der Waals surface area contributed by atoms with Gasteiger partial charge in [0.1, 0.15) is 0 Å². The Morgan fingerprint density at radius 3 is 2.59 bits per heavy atom. The van der Waals surface area contributed by atoms with E-state index in [2.05, 4.69) is 20.8 Å². The van der Waals surface area contributed by atoms with Gasteiger partial charge in [-0.05, 0) is 59.0 Å². The highest BCUT2D eigenvalue weighted by Crippen LogP contribution is 2.24. The van der Waals surface area contributed by atoms with Crippen molar-refractivity contribution in [3.63, 3.8) is 0 Å². The fourth-order valence-corrected chi connectivity index (χ4v) is 3.25. The first-order chi connectivity index (χ1) is 13.3. The van der Waals surface area contributed by atoms with Gasteiger partial charge in [-0.3, -0.25) is 4.79 Å². The van der Waals surface area contributed by atoms with Crippen LogP contribution < -0.4 is 5.32 Å². The number of para-hydroxylation sites is 1. The summed E-state index contributed by atoms with van der Waals surface area (Å²) in [7, 11) is 0. The summed E-state index contributed by atoms with van der Waals surface area (Å²) in [6.45, 7) is 0. The van der Waals surface area contributed by atoms with Crippen LogP contribution in [-0.4, -0.2) is 26.1 Å². The van der Waals surface area contributed by atoms with Crippen LogP contribution in [0.3, 0.4) is 0 Å². The van der Waals surface area contributed by atoms with Gasteiger partial charge < -0.3 is 9.73 Å². The quantitative estimate of drug-likeness (QED) is 0.515. The molecule has 1 amide bonds. The molecule has 0 atom stereocenters. The maximum absolute atomic E-state index is 12.0. The predicted molar refractivity (Wildman–Crippen MR) is 102 cm³/mol. The summed E-state index contributed by atoms with van der Waals surface area (Å²) in [6.07, 6.45) is 1.47. The highest BCUT2D eigenvalue weighted by Gasteiger charge is 2.10. The molecule has 0 aliphatic heterocycles. The number of amides is 1. The zero-order chi connectivity index (χ0) is 18.5. The van der Waals surface area contributed by atoms with Crippen molar-refractivity contribution in [1.82, 2.24) is 20.2 Å². The lowest BCUT2D eigenvalue weighted by Crippen LogP contribution is -2.10. The van der Waals surface area contributed by atoms with Crippen molar-refractivity contribution >= 4 is 23.4 Å². The van der Waals surface area contributed by atoms with Crippen molar-refractivity contribution in [1.29, 1.82) is 0 Å². The molecule has 0 spiro atoms. The molecule has 0 unspecified atom stereocenters. The Hall–Kier alpha value is -3.39. The molecule has 4 aromatic rings. The number of carbonyl (C=O) groups excluding carboxylic acids is 1. The maximum Gasteiger partial charge on any atom is 0.291 e. The van der Waals surface area contributed by atoms with Gasteiger partial charge in [-0.25, -0.2) is 0 Å². The van der Waals surface area contributed by atoms with E-state index in [1.807, 2.05) is 54.6 Å². The number of thioether (sulfide) groups is 1. The van der Waals surface area contributed by atoms with E-state index in [-0.39, 0.29) is 11.7 Å². The van der Waals surface area contributed by atoms with Gasteiger partial charge in [-0.15, -0.1) is 16.9 Å². The summed E-state index contributed by atoms with van der Waals surface area (Å²) in [4.78, 5) is 13.0. The van der Waals surface area contributed by atoms with Crippen LogP contribution in [0.4, 0.5) is 5.69 Å². The second-order valence-electron chi connectivity index (χ2n) is 5.59. The zero-order valence-corrected chi connectivity index (χ0v) is 15.0. The van der Waals surface area contributed by atoms with E-state index in [1.165, 1.54) is 6.26 Å². The molecular formula is C19H15N5O2S. The number of hydrogen-bond acceptors (Lipinski definition) is 6. The minimum absolute atomic E-state index is 0.276. The van der Waals surface area contributed by atoms with E-state index in [0.29, 0.717) is 11.4 Å². The molecule has 0 aliphatic rings. The first kappa shape index (κ1) is 17.0. The maximum atomic E-state index is 12.0. The monoisotopic (exact) mass is 377 g/mol. The molecule has 4 rings (SSSR count). The molecule has 0 fully saturated rings. The third-order valence-corrected chi connectivity index (χ3v) is 4.77. The third kappa shape index (κ3) is 4.06. The number of tetrazole rings is 1. The molecule has 134 valence electrons. The van der Waals surface area contributed by atoms with Gasteiger partial charge in [0.15, 0.2) is 11.6 Å². The average molecular weight is 377 g/mol. The number of anilines is 1. The van der Waals surface area contributed by atoms with E-state index in [1.54, 1.807) is 28.6 Å². The summed E-state index contributed by atoms with van der Waals surface area (Å²) in [6, 6.07) is 20.7. The second-order valence-corrected chi connectivity index (χ2v) is 6.64. The van der Waals surface area contributed by atoms with Gasteiger partial charge in [0.05, 0.1) is 17.7 Å². The largest absolute Gasteiger partial charge is 0.459 e. The van der Waals surface area contributed by atoms with Gasteiger partial charge in [0, 0.05) is 10.6 Å². The van der Waals surface area contributed by atoms with Crippen molar-refractivity contribution in [3.8, 4) is 5.69 Å². The molecule has 8 heteroatoms. The van der Waals surface area contributed by atoms with Crippen molar-refractivity contribution < 1.29 is 9.21 Å². The standard InChI is InChI=1S/C19H15N5O2S/c25-19(17-7-4-12-26-17)20-14-8-10-16(11-9-14)27-13-18-21-22-23-24(18)15-5-2-1-3-6-15/h1-12H,13H2,(H,20,25). The summed E-state index contributed by atoms with van der Waals surface area (Å²) in [5.74, 6) is 1.39. The van der Waals surface area contributed by atoms with Crippen molar-refractivity contribution in [3.05, 3.63) is 84.6 Å². The molecule has 2 heterocycles. The normalized spacial score (nSPS) is 10.7. The van der Waals surface area contributed by atoms with Crippen LogP contribution >= 0.6 is 11.8 Å². The lowest BCUT2D eigenvalue weighted by Gasteiger charge is -2.06. The fourth-order valence-electron chi connectivity index (χ4n) is 2.45. The van der Waals surface area contributed by atoms with Crippen molar-refractivity contribution in [2.24, 2.45) is 0 Å². The molecular weight excluding hydrogens is 362 g/mol. The van der Waals surface area contributed by atoms with E-state index in [0.717, 1.165) is 16.4 Å². The van der Waals surface area contributed by atoms with E-state index >= 15 is 0 Å². The van der Waals surface area contributed by atoms with Crippen LogP contribution in [0.2, 0.25) is 0 Å². The van der Waals surface area contributed by atoms with Crippen LogP contribution in [0.15, 0.2) is 82.3 Å². The molecule has 27 heavy (non-hydrogen) atoms. The number of hydrogen-bond donors (Lipinski definition) is 1. The molecule has 0 saturated carbocycles. The number of aromatic nitrogens is 4. The van der Waals surface area contributed by atoms with Crippen LogP contribution in [0.5, 0.6) is 0 Å². The Balaban J connectivity index is 1.39. The van der Waals surface area contributed by atoms with E-state index < -0.39 is 0 Å². The van der Waals surface area contributed by atoms with Crippen LogP contribution in [0.1, 0.15) is 16.4 Å². The zero-order valence-electron chi connectivity index (χ0n) is 14.1.